The van der Waals surface area contributed by atoms with E-state index in [4.69, 9.17) is 4.74 Å². The fourth-order valence-corrected chi connectivity index (χ4v) is 2.76. The zero-order valence-corrected chi connectivity index (χ0v) is 15.4. The number of aromatic nitrogens is 3. The smallest absolute Gasteiger partial charge is 0.255 e. The molecule has 27 heavy (non-hydrogen) atoms. The van der Waals surface area contributed by atoms with Crippen molar-refractivity contribution in [1.29, 1.82) is 0 Å². The van der Waals surface area contributed by atoms with Crippen LogP contribution in [-0.4, -0.2) is 53.6 Å². The van der Waals surface area contributed by atoms with Gasteiger partial charge in [-0.1, -0.05) is 12.1 Å². The molecule has 140 valence electrons. The average molecular weight is 367 g/mol. The molecule has 0 radical (unpaired) electrons. The number of nitrogens with one attached hydrogen (secondary N) is 3. The highest BCUT2D eigenvalue weighted by Gasteiger charge is 2.17. The molecule has 0 saturated carbocycles. The summed E-state index contributed by atoms with van der Waals surface area (Å²) in [6.07, 6.45) is 3.20. The predicted octanol–water partition coefficient (Wildman–Crippen LogP) is 1.75. The molecule has 8 nitrogen and oxygen atoms in total. The number of ether oxygens (including phenoxy) is 1. The number of amides is 2. The molecule has 3 N–H and O–H groups in total. The minimum atomic E-state index is -0.253. The molecular formula is C19H21N5O3. The minimum Gasteiger partial charge on any atom is -0.383 e. The van der Waals surface area contributed by atoms with Gasteiger partial charge in [0.1, 0.15) is 5.52 Å². The predicted molar refractivity (Wildman–Crippen MR) is 102 cm³/mol. The van der Waals surface area contributed by atoms with E-state index in [0.717, 1.165) is 5.56 Å². The first-order chi connectivity index (χ1) is 13.0. The zero-order valence-electron chi connectivity index (χ0n) is 15.4. The maximum absolute atomic E-state index is 12.5. The van der Waals surface area contributed by atoms with Crippen LogP contribution in [0.2, 0.25) is 0 Å². The summed E-state index contributed by atoms with van der Waals surface area (Å²) >= 11 is 0. The lowest BCUT2D eigenvalue weighted by Gasteiger charge is -2.12. The summed E-state index contributed by atoms with van der Waals surface area (Å²) < 4.78 is 5.04. The second kappa shape index (κ2) is 7.96. The summed E-state index contributed by atoms with van der Waals surface area (Å²) in [6, 6.07) is 6.95. The van der Waals surface area contributed by atoms with Crippen LogP contribution in [0.5, 0.6) is 0 Å². The first-order valence-electron chi connectivity index (χ1n) is 8.50. The van der Waals surface area contributed by atoms with Crippen molar-refractivity contribution >= 4 is 23.0 Å². The number of rotatable bonds is 6. The van der Waals surface area contributed by atoms with Crippen LogP contribution in [0.4, 0.5) is 0 Å². The summed E-state index contributed by atoms with van der Waals surface area (Å²) in [6.45, 7) is 2.27. The Morgan fingerprint density at radius 3 is 2.85 bits per heavy atom. The summed E-state index contributed by atoms with van der Waals surface area (Å²) in [7, 11) is 3.16. The highest BCUT2D eigenvalue weighted by Crippen LogP contribution is 2.22. The third kappa shape index (κ3) is 3.95. The summed E-state index contributed by atoms with van der Waals surface area (Å²) in [5.41, 5.74) is 3.24. The van der Waals surface area contributed by atoms with Crippen molar-refractivity contribution in [2.45, 2.75) is 13.0 Å². The molecule has 0 bridgehead atoms. The number of aromatic amines is 1. The van der Waals surface area contributed by atoms with E-state index in [-0.39, 0.29) is 17.9 Å². The highest BCUT2D eigenvalue weighted by atomic mass is 16.5. The van der Waals surface area contributed by atoms with E-state index in [1.165, 1.54) is 0 Å². The molecule has 0 aliphatic heterocycles. The van der Waals surface area contributed by atoms with Crippen molar-refractivity contribution in [2.75, 3.05) is 20.8 Å². The topological polar surface area (TPSA) is 109 Å². The molecule has 3 aromatic rings. The first-order valence-corrected chi connectivity index (χ1v) is 8.50. The highest BCUT2D eigenvalue weighted by molar-refractivity contribution is 6.05. The number of benzene rings is 1. The summed E-state index contributed by atoms with van der Waals surface area (Å²) in [5.74, 6) is -0.434. The molecule has 2 aromatic heterocycles. The third-order valence-corrected chi connectivity index (χ3v) is 4.07. The van der Waals surface area contributed by atoms with E-state index in [0.29, 0.717) is 34.6 Å². The molecular weight excluding hydrogens is 346 g/mol. The largest absolute Gasteiger partial charge is 0.383 e. The lowest BCUT2D eigenvalue weighted by Crippen LogP contribution is -2.35. The van der Waals surface area contributed by atoms with Gasteiger partial charge in [0.15, 0.2) is 5.65 Å². The Morgan fingerprint density at radius 1 is 1.30 bits per heavy atom. The quantitative estimate of drug-likeness (QED) is 0.615. The van der Waals surface area contributed by atoms with E-state index < -0.39 is 0 Å². The average Bonchev–Trinajstić information content (AvgIpc) is 3.11. The molecule has 2 amide bonds. The molecule has 0 fully saturated rings. The van der Waals surface area contributed by atoms with Gasteiger partial charge in [0.25, 0.3) is 11.8 Å². The van der Waals surface area contributed by atoms with E-state index in [2.05, 4.69) is 25.6 Å². The van der Waals surface area contributed by atoms with Crippen molar-refractivity contribution in [3.05, 3.63) is 47.8 Å². The van der Waals surface area contributed by atoms with Gasteiger partial charge in [-0.25, -0.2) is 9.97 Å². The van der Waals surface area contributed by atoms with Gasteiger partial charge >= 0.3 is 0 Å². The number of fused-ring (bicyclic) bond motifs is 1. The molecule has 0 spiro atoms. The Kier molecular flexibility index (Phi) is 5.46. The van der Waals surface area contributed by atoms with Crippen LogP contribution in [-0.2, 0) is 4.74 Å². The molecule has 1 atom stereocenters. The Bertz CT molecular complexity index is 982. The standard InChI is InChI=1S/C19H21N5O3/c1-11(10-27-3)23-19(26)14-8-21-17-16(14)24-15(9-22-17)12-5-4-6-13(7-12)18(25)20-2/h4-9,11H,10H2,1-3H3,(H,20,25)(H,21,22)(H,23,26). The van der Waals surface area contributed by atoms with Crippen molar-refractivity contribution in [3.63, 3.8) is 0 Å². The van der Waals surface area contributed by atoms with Gasteiger partial charge in [-0.15, -0.1) is 0 Å². The van der Waals surface area contributed by atoms with Crippen LogP contribution < -0.4 is 10.6 Å². The molecule has 1 unspecified atom stereocenters. The second-order valence-electron chi connectivity index (χ2n) is 6.14. The third-order valence-electron chi connectivity index (χ3n) is 4.07. The van der Waals surface area contributed by atoms with Crippen molar-refractivity contribution in [1.82, 2.24) is 25.6 Å². The van der Waals surface area contributed by atoms with Crippen LogP contribution in [0.25, 0.3) is 22.4 Å². The van der Waals surface area contributed by atoms with Gasteiger partial charge in [0.2, 0.25) is 0 Å². The fraction of sp³-hybridized carbons (Fsp3) is 0.263. The maximum atomic E-state index is 12.5. The van der Waals surface area contributed by atoms with Crippen molar-refractivity contribution in [3.8, 4) is 11.3 Å². The number of carbonyl (C=O) groups is 2. The molecule has 3 rings (SSSR count). The minimum absolute atomic E-state index is 0.132. The van der Waals surface area contributed by atoms with Crippen LogP contribution >= 0.6 is 0 Å². The van der Waals surface area contributed by atoms with Gasteiger partial charge in [0, 0.05) is 37.5 Å². The number of hydrogen-bond donors (Lipinski definition) is 3. The van der Waals surface area contributed by atoms with Gasteiger partial charge in [-0.3, -0.25) is 9.59 Å². The molecule has 0 aliphatic rings. The van der Waals surface area contributed by atoms with E-state index in [1.54, 1.807) is 44.8 Å². The number of H-pyrrole nitrogens is 1. The Hall–Kier alpha value is -3.26. The fourth-order valence-electron chi connectivity index (χ4n) is 2.76. The monoisotopic (exact) mass is 367 g/mol. The van der Waals surface area contributed by atoms with E-state index in [9.17, 15) is 9.59 Å². The van der Waals surface area contributed by atoms with Crippen molar-refractivity contribution < 1.29 is 14.3 Å². The number of methoxy groups -OCH3 is 1. The number of hydrogen-bond acceptors (Lipinski definition) is 5. The normalized spacial score (nSPS) is 12.0. The maximum Gasteiger partial charge on any atom is 0.255 e. The molecule has 0 saturated heterocycles. The van der Waals surface area contributed by atoms with Crippen molar-refractivity contribution in [2.24, 2.45) is 0 Å². The van der Waals surface area contributed by atoms with Gasteiger partial charge in [-0.2, -0.15) is 0 Å². The number of carbonyl (C=O) groups excluding carboxylic acids is 2. The van der Waals surface area contributed by atoms with Gasteiger partial charge < -0.3 is 20.4 Å². The Balaban J connectivity index is 1.96. The lowest BCUT2D eigenvalue weighted by molar-refractivity contribution is 0.0906. The van der Waals surface area contributed by atoms with E-state index in [1.807, 2.05) is 13.0 Å². The molecule has 1 aromatic carbocycles. The van der Waals surface area contributed by atoms with Crippen LogP contribution in [0, 0.1) is 0 Å². The van der Waals surface area contributed by atoms with E-state index >= 15 is 0 Å². The SMILES string of the molecule is CNC(=O)c1cccc(-c2cnc3[nH]cc(C(=O)NC(C)COC)c3n2)c1. The van der Waals surface area contributed by atoms with Gasteiger partial charge in [0.05, 0.1) is 24.1 Å². The van der Waals surface area contributed by atoms with Crippen LogP contribution in [0.15, 0.2) is 36.7 Å². The summed E-state index contributed by atoms with van der Waals surface area (Å²) in [5, 5.41) is 5.46. The molecule has 2 heterocycles. The van der Waals surface area contributed by atoms with Crippen LogP contribution in [0.1, 0.15) is 27.6 Å². The first kappa shape index (κ1) is 18.5. The number of nitrogens with zero attached hydrogens (tertiary/aromatic N) is 2. The summed E-state index contributed by atoms with van der Waals surface area (Å²) in [4.78, 5) is 36.3. The molecule has 8 heteroatoms. The Morgan fingerprint density at radius 2 is 2.11 bits per heavy atom. The lowest BCUT2D eigenvalue weighted by atomic mass is 10.1. The molecule has 0 aliphatic carbocycles. The second-order valence-corrected chi connectivity index (χ2v) is 6.14. The van der Waals surface area contributed by atoms with Crippen LogP contribution in [0.3, 0.4) is 0 Å². The van der Waals surface area contributed by atoms with Gasteiger partial charge in [-0.05, 0) is 19.1 Å². The Labute approximate surface area is 156 Å². The zero-order chi connectivity index (χ0) is 19.4.